The molecule has 0 spiro atoms. The van der Waals surface area contributed by atoms with Crippen LogP contribution in [0, 0.1) is 17.0 Å². The first kappa shape index (κ1) is 29.0. The second-order valence-corrected chi connectivity index (χ2v) is 10.5. The Balaban J connectivity index is 1.40. The van der Waals surface area contributed by atoms with Crippen LogP contribution in [0.5, 0.6) is 5.75 Å². The fraction of sp³-hybridized carbons (Fsp3) is 0.312. The Labute approximate surface area is 243 Å². The number of Topliss-reactive ketones (excluding diaryl/α,β-unsaturated/α-hetero) is 1. The van der Waals surface area contributed by atoms with Gasteiger partial charge in [-0.15, -0.1) is 0 Å². The highest BCUT2D eigenvalue weighted by Crippen LogP contribution is 2.40. The van der Waals surface area contributed by atoms with Gasteiger partial charge in [0.15, 0.2) is 0 Å². The molecular formula is C32H33N3O7. The molecule has 3 aromatic carbocycles. The van der Waals surface area contributed by atoms with Gasteiger partial charge in [-0.1, -0.05) is 29.8 Å². The number of nitro groups is 1. The average Bonchev–Trinajstić information content (AvgIpc) is 3.25. The zero-order valence-electron chi connectivity index (χ0n) is 23.4. The number of ether oxygens (including phenoxy) is 2. The van der Waals surface area contributed by atoms with E-state index < -0.39 is 22.7 Å². The third kappa shape index (κ3) is 6.50. The average molecular weight is 572 g/mol. The van der Waals surface area contributed by atoms with Crippen molar-refractivity contribution in [1.29, 1.82) is 0 Å². The maximum Gasteiger partial charge on any atom is 0.295 e. The number of carbonyl (C=O) groups is 2. The molecule has 1 unspecified atom stereocenters. The number of aryl methyl sites for hydroxylation is 1. The standard InChI is InChI=1S/C32H33N3O7/c1-22-4-2-5-23(20-22)21-42-27-12-8-25(9-13-27)30(36)28-29(24-6-10-26(11-7-24)35(39)40)34(32(38)31(28)37)15-3-14-33-16-18-41-19-17-33/h2,4-13,20,29,36H,3,14-19,21H2,1H3. The van der Waals surface area contributed by atoms with Crippen molar-refractivity contribution in [2.75, 3.05) is 39.4 Å². The first-order chi connectivity index (χ1) is 20.3. The molecule has 2 aliphatic heterocycles. The van der Waals surface area contributed by atoms with E-state index in [-0.39, 0.29) is 23.6 Å². The van der Waals surface area contributed by atoms with Gasteiger partial charge in [0.05, 0.1) is 29.8 Å². The van der Waals surface area contributed by atoms with Crippen molar-refractivity contribution in [1.82, 2.24) is 9.80 Å². The summed E-state index contributed by atoms with van der Waals surface area (Å²) >= 11 is 0. The molecule has 2 fully saturated rings. The minimum Gasteiger partial charge on any atom is -0.507 e. The van der Waals surface area contributed by atoms with E-state index in [0.717, 1.165) is 30.8 Å². The third-order valence-electron chi connectivity index (χ3n) is 7.55. The molecule has 0 bridgehead atoms. The van der Waals surface area contributed by atoms with E-state index in [9.17, 15) is 24.8 Å². The quantitative estimate of drug-likeness (QED) is 0.123. The fourth-order valence-corrected chi connectivity index (χ4v) is 5.36. The SMILES string of the molecule is Cc1cccc(COc2ccc(C(O)=C3C(=O)C(=O)N(CCCN4CCOCC4)C3c3ccc([N+](=O)[O-])cc3)cc2)c1. The Morgan fingerprint density at radius 3 is 2.40 bits per heavy atom. The molecule has 42 heavy (non-hydrogen) atoms. The number of aliphatic hydroxyl groups excluding tert-OH is 1. The molecule has 1 atom stereocenters. The number of benzene rings is 3. The van der Waals surface area contributed by atoms with Crippen molar-refractivity contribution < 1.29 is 29.1 Å². The molecule has 218 valence electrons. The Morgan fingerprint density at radius 1 is 1.02 bits per heavy atom. The number of rotatable bonds is 10. The van der Waals surface area contributed by atoms with Gasteiger partial charge >= 0.3 is 0 Å². The predicted molar refractivity (Wildman–Crippen MR) is 156 cm³/mol. The lowest BCUT2D eigenvalue weighted by molar-refractivity contribution is -0.384. The lowest BCUT2D eigenvalue weighted by Crippen LogP contribution is -2.38. The van der Waals surface area contributed by atoms with Crippen LogP contribution in [-0.2, 0) is 20.9 Å². The second-order valence-electron chi connectivity index (χ2n) is 10.5. The molecule has 0 radical (unpaired) electrons. The number of nitrogens with zero attached hydrogens (tertiary/aromatic N) is 3. The van der Waals surface area contributed by atoms with Gasteiger partial charge in [0.2, 0.25) is 0 Å². The summed E-state index contributed by atoms with van der Waals surface area (Å²) in [5.74, 6) is -1.22. The van der Waals surface area contributed by atoms with Crippen molar-refractivity contribution in [3.05, 3.63) is 111 Å². The summed E-state index contributed by atoms with van der Waals surface area (Å²) in [5, 5.41) is 22.6. The van der Waals surface area contributed by atoms with Crippen LogP contribution in [-0.4, -0.2) is 70.9 Å². The third-order valence-corrected chi connectivity index (χ3v) is 7.55. The van der Waals surface area contributed by atoms with Crippen LogP contribution in [0.3, 0.4) is 0 Å². The molecule has 0 aliphatic carbocycles. The fourth-order valence-electron chi connectivity index (χ4n) is 5.36. The molecule has 0 aromatic heterocycles. The lowest BCUT2D eigenvalue weighted by Gasteiger charge is -2.29. The van der Waals surface area contributed by atoms with E-state index in [1.54, 1.807) is 24.3 Å². The van der Waals surface area contributed by atoms with Gasteiger partial charge < -0.3 is 19.5 Å². The van der Waals surface area contributed by atoms with E-state index in [1.807, 2.05) is 31.2 Å². The number of nitro benzene ring substituents is 1. The number of hydrogen-bond donors (Lipinski definition) is 1. The van der Waals surface area contributed by atoms with Crippen molar-refractivity contribution >= 4 is 23.1 Å². The molecule has 3 aromatic rings. The maximum atomic E-state index is 13.3. The second kappa shape index (κ2) is 13.0. The zero-order valence-corrected chi connectivity index (χ0v) is 23.4. The molecule has 10 nitrogen and oxygen atoms in total. The van der Waals surface area contributed by atoms with Gasteiger partial charge in [0.25, 0.3) is 17.4 Å². The van der Waals surface area contributed by atoms with Crippen LogP contribution in [0.25, 0.3) is 5.76 Å². The summed E-state index contributed by atoms with van der Waals surface area (Å²) in [6.07, 6.45) is 0.615. The zero-order chi connectivity index (χ0) is 29.6. The topological polar surface area (TPSA) is 122 Å². The highest BCUT2D eigenvalue weighted by atomic mass is 16.6. The van der Waals surface area contributed by atoms with Crippen LogP contribution >= 0.6 is 0 Å². The number of carbonyl (C=O) groups excluding carboxylic acids is 2. The maximum absolute atomic E-state index is 13.3. The molecule has 1 N–H and O–H groups in total. The van der Waals surface area contributed by atoms with Crippen LogP contribution in [0.4, 0.5) is 5.69 Å². The number of amides is 1. The Hall–Kier alpha value is -4.54. The summed E-state index contributed by atoms with van der Waals surface area (Å²) in [6, 6.07) is 19.5. The van der Waals surface area contributed by atoms with Gasteiger partial charge in [-0.05, 0) is 60.9 Å². The van der Waals surface area contributed by atoms with Crippen LogP contribution < -0.4 is 4.74 Å². The van der Waals surface area contributed by atoms with E-state index in [0.29, 0.717) is 43.1 Å². The highest BCUT2D eigenvalue weighted by Gasteiger charge is 2.46. The molecule has 10 heteroatoms. The van der Waals surface area contributed by atoms with Crippen LogP contribution in [0.15, 0.2) is 78.4 Å². The first-order valence-electron chi connectivity index (χ1n) is 13.9. The van der Waals surface area contributed by atoms with Gasteiger partial charge in [-0.25, -0.2) is 0 Å². The Kier molecular flexibility index (Phi) is 8.94. The normalized spacial score (nSPS) is 18.8. The molecule has 2 aliphatic rings. The van der Waals surface area contributed by atoms with Gasteiger partial charge in [0, 0.05) is 43.9 Å². The molecule has 1 amide bonds. The van der Waals surface area contributed by atoms with E-state index in [4.69, 9.17) is 9.47 Å². The first-order valence-corrected chi connectivity index (χ1v) is 13.9. The van der Waals surface area contributed by atoms with Gasteiger partial charge in [0.1, 0.15) is 18.1 Å². The molecule has 0 saturated carbocycles. The largest absolute Gasteiger partial charge is 0.507 e. The van der Waals surface area contributed by atoms with Gasteiger partial charge in [-0.2, -0.15) is 0 Å². The predicted octanol–water partition coefficient (Wildman–Crippen LogP) is 4.63. The summed E-state index contributed by atoms with van der Waals surface area (Å²) in [4.78, 5) is 41.0. The lowest BCUT2D eigenvalue weighted by atomic mass is 9.95. The number of non-ortho nitro benzene ring substituents is 1. The summed E-state index contributed by atoms with van der Waals surface area (Å²) in [5.41, 5.74) is 2.87. The monoisotopic (exact) mass is 571 g/mol. The van der Waals surface area contributed by atoms with Crippen molar-refractivity contribution in [2.45, 2.75) is 26.0 Å². The number of hydrogen-bond acceptors (Lipinski definition) is 8. The number of morpholine rings is 1. The smallest absolute Gasteiger partial charge is 0.295 e. The van der Waals surface area contributed by atoms with E-state index in [2.05, 4.69) is 4.90 Å². The summed E-state index contributed by atoms with van der Waals surface area (Å²) in [7, 11) is 0. The van der Waals surface area contributed by atoms with Gasteiger partial charge in [-0.3, -0.25) is 24.6 Å². The van der Waals surface area contributed by atoms with Crippen molar-refractivity contribution in [3.63, 3.8) is 0 Å². The minimum absolute atomic E-state index is 0.0475. The number of ketones is 1. The summed E-state index contributed by atoms with van der Waals surface area (Å²) in [6.45, 7) is 6.31. The number of likely N-dealkylation sites (tertiary alicyclic amines) is 1. The minimum atomic E-state index is -0.882. The molecular weight excluding hydrogens is 538 g/mol. The molecule has 2 saturated heterocycles. The van der Waals surface area contributed by atoms with Crippen molar-refractivity contribution in [3.8, 4) is 5.75 Å². The van der Waals surface area contributed by atoms with Crippen LogP contribution in [0.1, 0.15) is 34.7 Å². The molecule has 5 rings (SSSR count). The Morgan fingerprint density at radius 2 is 1.74 bits per heavy atom. The molecule has 2 heterocycles. The Bertz CT molecular complexity index is 1480. The number of aliphatic hydroxyl groups is 1. The highest BCUT2D eigenvalue weighted by molar-refractivity contribution is 6.46. The van der Waals surface area contributed by atoms with Crippen molar-refractivity contribution in [2.24, 2.45) is 0 Å². The van der Waals surface area contributed by atoms with E-state index >= 15 is 0 Å². The van der Waals surface area contributed by atoms with E-state index in [1.165, 1.54) is 29.2 Å². The summed E-state index contributed by atoms with van der Waals surface area (Å²) < 4.78 is 11.3. The van der Waals surface area contributed by atoms with Crippen LogP contribution in [0.2, 0.25) is 0 Å².